The molecule has 0 aliphatic rings. The lowest BCUT2D eigenvalue weighted by molar-refractivity contribution is -0.114. The van der Waals surface area contributed by atoms with Crippen LogP contribution < -0.4 is 5.46 Å². The van der Waals surface area contributed by atoms with Crippen molar-refractivity contribution in [1.29, 1.82) is 0 Å². The molecule has 4 nitrogen and oxygen atoms in total. The van der Waals surface area contributed by atoms with Crippen LogP contribution in [0.2, 0.25) is 0 Å². The fourth-order valence-corrected chi connectivity index (χ4v) is 1.61. The third-order valence-corrected chi connectivity index (χ3v) is 4.14. The second-order valence-electron chi connectivity index (χ2n) is 6.02. The van der Waals surface area contributed by atoms with Crippen LogP contribution in [-0.2, 0) is 14.1 Å². The van der Waals surface area contributed by atoms with Crippen LogP contribution in [0.3, 0.4) is 0 Å². The lowest BCUT2D eigenvalue weighted by Crippen LogP contribution is -2.50. The fourth-order valence-electron chi connectivity index (χ4n) is 1.61. The van der Waals surface area contributed by atoms with Crippen molar-refractivity contribution in [3.05, 3.63) is 29.3 Å². The fraction of sp³-hybridized carbons (Fsp3) is 0.562. The van der Waals surface area contributed by atoms with Crippen LogP contribution in [0.15, 0.2) is 18.2 Å². The molecule has 1 rings (SSSR count). The summed E-state index contributed by atoms with van der Waals surface area (Å²) < 4.78 is 16.1. The normalized spacial score (nSPS) is 12.1. The van der Waals surface area contributed by atoms with Gasteiger partial charge in [0.15, 0.2) is 0 Å². The Morgan fingerprint density at radius 1 is 1.10 bits per heavy atom. The molecular formula is C16H24BO4. The van der Waals surface area contributed by atoms with Crippen molar-refractivity contribution in [3.8, 4) is 0 Å². The van der Waals surface area contributed by atoms with Crippen molar-refractivity contribution < 1.29 is 18.9 Å². The predicted molar refractivity (Wildman–Crippen MR) is 84.2 cm³/mol. The van der Waals surface area contributed by atoms with Gasteiger partial charge >= 0.3 is 13.5 Å². The molecule has 0 amide bonds. The number of hydrogen-bond acceptors (Lipinski definition) is 4. The zero-order chi connectivity index (χ0) is 16.3. The third-order valence-electron chi connectivity index (χ3n) is 4.14. The molecule has 0 aliphatic carbocycles. The van der Waals surface area contributed by atoms with E-state index in [9.17, 15) is 4.79 Å². The highest BCUT2D eigenvalue weighted by molar-refractivity contribution is 6.48. The molecule has 0 saturated carbocycles. The Hall–Kier alpha value is -1.33. The average Bonchev–Trinajstić information content (AvgIpc) is 2.45. The van der Waals surface area contributed by atoms with Crippen LogP contribution in [0, 0.1) is 6.92 Å². The Labute approximate surface area is 128 Å². The van der Waals surface area contributed by atoms with E-state index in [1.54, 1.807) is 26.7 Å². The molecule has 5 heteroatoms. The van der Waals surface area contributed by atoms with Crippen molar-refractivity contribution in [2.75, 3.05) is 14.2 Å². The first-order valence-electron chi connectivity index (χ1n) is 6.90. The third kappa shape index (κ3) is 4.08. The molecule has 0 fully saturated rings. The van der Waals surface area contributed by atoms with Crippen LogP contribution in [0.4, 0.5) is 0 Å². The van der Waals surface area contributed by atoms with E-state index in [-0.39, 0.29) is 5.97 Å². The Bertz CT molecular complexity index is 509. The number of rotatable bonds is 6. The minimum Gasteiger partial charge on any atom is -0.465 e. The quantitative estimate of drug-likeness (QED) is 0.595. The summed E-state index contributed by atoms with van der Waals surface area (Å²) in [6.45, 7) is 9.83. The summed E-state index contributed by atoms with van der Waals surface area (Å²) in [6.07, 6.45) is 0. The van der Waals surface area contributed by atoms with Crippen LogP contribution in [-0.4, -0.2) is 38.9 Å². The van der Waals surface area contributed by atoms with Crippen LogP contribution >= 0.6 is 0 Å². The number of methoxy groups -OCH3 is 2. The van der Waals surface area contributed by atoms with Gasteiger partial charge in [-0.05, 0) is 46.1 Å². The number of benzene rings is 1. The number of carbonyl (C=O) groups excluding carboxylic acids is 1. The minimum atomic E-state index is -0.518. The lowest BCUT2D eigenvalue weighted by Gasteiger charge is -2.40. The Morgan fingerprint density at radius 2 is 1.71 bits per heavy atom. The molecule has 0 heterocycles. The molecule has 1 aromatic rings. The number of esters is 1. The standard InChI is InChI=1S/C16H24BO4/c1-11-8-9-12(14(18)19-6)10-13(11)17-21-16(4,5)15(2,3)20-7/h8-10H,1-7H3. The first-order chi connectivity index (χ1) is 9.64. The molecule has 0 aliphatic heterocycles. The van der Waals surface area contributed by atoms with Gasteiger partial charge in [0.2, 0.25) is 0 Å². The number of hydrogen-bond donors (Lipinski definition) is 0. The summed E-state index contributed by atoms with van der Waals surface area (Å²) in [6, 6.07) is 5.37. The SMILES string of the molecule is COC(=O)c1ccc(C)c([B]OC(C)(C)C(C)(C)OC)c1. The van der Waals surface area contributed by atoms with Crippen molar-refractivity contribution >= 4 is 18.9 Å². The topological polar surface area (TPSA) is 44.8 Å². The molecule has 115 valence electrons. The first-order valence-corrected chi connectivity index (χ1v) is 6.90. The van der Waals surface area contributed by atoms with Gasteiger partial charge in [0.05, 0.1) is 23.9 Å². The summed E-state index contributed by atoms with van der Waals surface area (Å²) >= 11 is 0. The summed E-state index contributed by atoms with van der Waals surface area (Å²) in [7, 11) is 4.70. The van der Waals surface area contributed by atoms with Crippen LogP contribution in [0.25, 0.3) is 0 Å². The van der Waals surface area contributed by atoms with E-state index in [0.717, 1.165) is 11.0 Å². The summed E-state index contributed by atoms with van der Waals surface area (Å²) in [5.41, 5.74) is 1.40. The molecule has 1 aromatic carbocycles. The van der Waals surface area contributed by atoms with E-state index in [1.807, 2.05) is 40.7 Å². The van der Waals surface area contributed by atoms with Crippen molar-refractivity contribution in [2.24, 2.45) is 0 Å². The predicted octanol–water partition coefficient (Wildman–Crippen LogP) is 2.25. The van der Waals surface area contributed by atoms with Gasteiger partial charge in [0.1, 0.15) is 0 Å². The molecule has 0 atom stereocenters. The monoisotopic (exact) mass is 291 g/mol. The minimum absolute atomic E-state index is 0.360. The Balaban J connectivity index is 2.91. The number of aryl methyl sites for hydroxylation is 1. The largest absolute Gasteiger partial charge is 0.465 e. The second-order valence-corrected chi connectivity index (χ2v) is 6.02. The van der Waals surface area contributed by atoms with Crippen molar-refractivity contribution in [2.45, 2.75) is 45.8 Å². The van der Waals surface area contributed by atoms with E-state index < -0.39 is 11.2 Å². The molecule has 0 N–H and O–H groups in total. The van der Waals surface area contributed by atoms with E-state index in [0.29, 0.717) is 5.56 Å². The Morgan fingerprint density at radius 3 is 2.24 bits per heavy atom. The zero-order valence-electron chi connectivity index (χ0n) is 13.9. The van der Waals surface area contributed by atoms with Gasteiger partial charge in [-0.1, -0.05) is 17.7 Å². The maximum Gasteiger partial charge on any atom is 0.337 e. The van der Waals surface area contributed by atoms with E-state index in [4.69, 9.17) is 14.1 Å². The summed E-state index contributed by atoms with van der Waals surface area (Å²) in [4.78, 5) is 11.6. The molecule has 0 bridgehead atoms. The zero-order valence-corrected chi connectivity index (χ0v) is 13.9. The molecule has 0 saturated heterocycles. The molecular weight excluding hydrogens is 267 g/mol. The number of ether oxygens (including phenoxy) is 2. The average molecular weight is 291 g/mol. The molecule has 0 spiro atoms. The molecule has 0 aromatic heterocycles. The van der Waals surface area contributed by atoms with Crippen molar-refractivity contribution in [1.82, 2.24) is 0 Å². The lowest BCUT2D eigenvalue weighted by atomic mass is 9.80. The van der Waals surface area contributed by atoms with E-state index in [1.165, 1.54) is 7.11 Å². The van der Waals surface area contributed by atoms with Gasteiger partial charge < -0.3 is 14.1 Å². The molecule has 21 heavy (non-hydrogen) atoms. The maximum atomic E-state index is 11.6. The highest BCUT2D eigenvalue weighted by Gasteiger charge is 2.38. The first kappa shape index (κ1) is 17.7. The molecule has 1 radical (unpaired) electrons. The Kier molecular flexibility index (Phi) is 5.59. The highest BCUT2D eigenvalue weighted by Crippen LogP contribution is 2.27. The maximum absolute atomic E-state index is 11.6. The summed E-state index contributed by atoms with van der Waals surface area (Å²) in [5.74, 6) is -0.360. The van der Waals surface area contributed by atoms with Gasteiger partial charge in [-0.25, -0.2) is 4.79 Å². The van der Waals surface area contributed by atoms with Gasteiger partial charge in [-0.3, -0.25) is 0 Å². The van der Waals surface area contributed by atoms with Gasteiger partial charge in [0, 0.05) is 7.11 Å². The van der Waals surface area contributed by atoms with E-state index >= 15 is 0 Å². The van der Waals surface area contributed by atoms with Crippen LogP contribution in [0.1, 0.15) is 43.6 Å². The van der Waals surface area contributed by atoms with Crippen molar-refractivity contribution in [3.63, 3.8) is 0 Å². The second kappa shape index (κ2) is 6.63. The number of carbonyl (C=O) groups is 1. The van der Waals surface area contributed by atoms with Gasteiger partial charge in [-0.2, -0.15) is 0 Å². The van der Waals surface area contributed by atoms with Gasteiger partial charge in [0.25, 0.3) is 0 Å². The van der Waals surface area contributed by atoms with Gasteiger partial charge in [-0.15, -0.1) is 0 Å². The summed E-state index contributed by atoms with van der Waals surface area (Å²) in [5, 5.41) is 0. The highest BCUT2D eigenvalue weighted by atomic mass is 16.5. The van der Waals surface area contributed by atoms with Crippen LogP contribution in [0.5, 0.6) is 0 Å². The smallest absolute Gasteiger partial charge is 0.337 e. The molecule has 0 unspecified atom stereocenters. The van der Waals surface area contributed by atoms with E-state index in [2.05, 4.69) is 0 Å².